The molecule has 21 heavy (non-hydrogen) atoms. The Labute approximate surface area is 125 Å². The van der Waals surface area contributed by atoms with Crippen LogP contribution in [-0.4, -0.2) is 19.0 Å². The van der Waals surface area contributed by atoms with Crippen molar-refractivity contribution in [1.82, 2.24) is 0 Å². The van der Waals surface area contributed by atoms with Gasteiger partial charge in [0.25, 0.3) is 0 Å². The van der Waals surface area contributed by atoms with E-state index < -0.39 is 5.91 Å². The van der Waals surface area contributed by atoms with E-state index in [2.05, 4.69) is 17.0 Å². The largest absolute Gasteiger partial charge is 0.367 e. The van der Waals surface area contributed by atoms with Crippen LogP contribution in [-0.2, 0) is 6.54 Å². The van der Waals surface area contributed by atoms with Crippen molar-refractivity contribution in [2.45, 2.75) is 13.0 Å². The zero-order valence-corrected chi connectivity index (χ0v) is 12.0. The molecule has 0 heterocycles. The van der Waals surface area contributed by atoms with Crippen molar-refractivity contribution in [3.63, 3.8) is 0 Å². The molecule has 1 amide bonds. The Bertz CT molecular complexity index is 566. The van der Waals surface area contributed by atoms with Crippen LogP contribution >= 0.6 is 0 Å². The molecule has 0 aliphatic carbocycles. The van der Waals surface area contributed by atoms with Gasteiger partial charge in [-0.15, -0.1) is 0 Å². The van der Waals surface area contributed by atoms with Crippen LogP contribution < -0.4 is 16.4 Å². The fourth-order valence-corrected chi connectivity index (χ4v) is 2.22. The molecule has 4 heteroatoms. The molecule has 0 aliphatic heterocycles. The zero-order chi connectivity index (χ0) is 15.1. The van der Waals surface area contributed by atoms with Crippen molar-refractivity contribution >= 4 is 11.6 Å². The van der Waals surface area contributed by atoms with Gasteiger partial charge < -0.3 is 16.4 Å². The Kier molecular flexibility index (Phi) is 5.35. The van der Waals surface area contributed by atoms with Crippen LogP contribution in [0.5, 0.6) is 0 Å². The van der Waals surface area contributed by atoms with E-state index in [4.69, 9.17) is 11.5 Å². The number of benzene rings is 2. The van der Waals surface area contributed by atoms with Crippen LogP contribution in [0.3, 0.4) is 0 Å². The third-order valence-electron chi connectivity index (χ3n) is 3.37. The summed E-state index contributed by atoms with van der Waals surface area (Å²) in [4.78, 5) is 13.4. The number of nitrogens with two attached hydrogens (primary N) is 2. The molecule has 0 saturated heterocycles. The smallest absolute Gasteiger partial charge is 0.248 e. The summed E-state index contributed by atoms with van der Waals surface area (Å²) in [5, 5.41) is 0. The lowest BCUT2D eigenvalue weighted by atomic mass is 10.1. The Morgan fingerprint density at radius 1 is 1.00 bits per heavy atom. The van der Waals surface area contributed by atoms with Gasteiger partial charge in [-0.3, -0.25) is 4.79 Å². The Hall–Kier alpha value is -2.33. The summed E-state index contributed by atoms with van der Waals surface area (Å²) in [5.74, 6) is -0.405. The standard InChI is InChI=1S/C17H21N3O/c18-11-4-12-20(13-14-5-2-1-3-6-14)16-9-7-15(8-10-16)17(19)21/h1-3,5-10H,4,11-13,18H2,(H2,19,21). The van der Waals surface area contributed by atoms with E-state index in [1.54, 1.807) is 12.1 Å². The van der Waals surface area contributed by atoms with Crippen molar-refractivity contribution in [3.8, 4) is 0 Å². The van der Waals surface area contributed by atoms with E-state index in [-0.39, 0.29) is 0 Å². The monoisotopic (exact) mass is 283 g/mol. The van der Waals surface area contributed by atoms with E-state index in [0.717, 1.165) is 25.2 Å². The number of carbonyl (C=O) groups excluding carboxylic acids is 1. The first kappa shape index (κ1) is 15.1. The van der Waals surface area contributed by atoms with Gasteiger partial charge in [-0.2, -0.15) is 0 Å². The number of hydrogen-bond acceptors (Lipinski definition) is 3. The third kappa shape index (κ3) is 4.33. The highest BCUT2D eigenvalue weighted by molar-refractivity contribution is 5.93. The highest BCUT2D eigenvalue weighted by atomic mass is 16.1. The van der Waals surface area contributed by atoms with Crippen LogP contribution in [0, 0.1) is 0 Å². The summed E-state index contributed by atoms with van der Waals surface area (Å²) in [5.41, 5.74) is 13.7. The van der Waals surface area contributed by atoms with Crippen molar-refractivity contribution in [3.05, 3.63) is 65.7 Å². The summed E-state index contributed by atoms with van der Waals surface area (Å²) in [7, 11) is 0. The maximum atomic E-state index is 11.1. The molecule has 0 saturated carbocycles. The van der Waals surface area contributed by atoms with Gasteiger partial charge in [-0.05, 0) is 42.8 Å². The number of anilines is 1. The third-order valence-corrected chi connectivity index (χ3v) is 3.37. The second-order valence-corrected chi connectivity index (χ2v) is 4.96. The van der Waals surface area contributed by atoms with Crippen LogP contribution in [0.1, 0.15) is 22.3 Å². The van der Waals surface area contributed by atoms with Gasteiger partial charge in [-0.25, -0.2) is 0 Å². The molecule has 0 radical (unpaired) electrons. The van der Waals surface area contributed by atoms with Crippen molar-refractivity contribution in [2.75, 3.05) is 18.0 Å². The number of carbonyl (C=O) groups is 1. The average molecular weight is 283 g/mol. The zero-order valence-electron chi connectivity index (χ0n) is 12.0. The molecule has 0 fully saturated rings. The lowest BCUT2D eigenvalue weighted by Crippen LogP contribution is -2.25. The first-order chi connectivity index (χ1) is 10.2. The minimum absolute atomic E-state index is 0.405. The van der Waals surface area contributed by atoms with E-state index in [0.29, 0.717) is 12.1 Å². The predicted octanol–water partition coefficient (Wildman–Crippen LogP) is 2.14. The summed E-state index contributed by atoms with van der Waals surface area (Å²) in [6, 6.07) is 17.7. The number of amides is 1. The van der Waals surface area contributed by atoms with Crippen molar-refractivity contribution in [1.29, 1.82) is 0 Å². The Balaban J connectivity index is 2.16. The fourth-order valence-electron chi connectivity index (χ4n) is 2.22. The molecule has 110 valence electrons. The van der Waals surface area contributed by atoms with Crippen LogP contribution in [0.2, 0.25) is 0 Å². The average Bonchev–Trinajstić information content (AvgIpc) is 2.52. The molecule has 2 aromatic rings. The van der Waals surface area contributed by atoms with Gasteiger partial charge in [-0.1, -0.05) is 30.3 Å². The van der Waals surface area contributed by atoms with Crippen LogP contribution in [0.4, 0.5) is 5.69 Å². The molecule has 0 unspecified atom stereocenters. The SMILES string of the molecule is NCCCN(Cc1ccccc1)c1ccc(C(N)=O)cc1. The van der Waals surface area contributed by atoms with Crippen molar-refractivity contribution in [2.24, 2.45) is 11.5 Å². The Morgan fingerprint density at radius 3 is 2.24 bits per heavy atom. The van der Waals surface area contributed by atoms with Gasteiger partial charge in [0.05, 0.1) is 0 Å². The summed E-state index contributed by atoms with van der Waals surface area (Å²) < 4.78 is 0. The molecule has 2 aromatic carbocycles. The van der Waals surface area contributed by atoms with E-state index in [1.165, 1.54) is 5.56 Å². The maximum Gasteiger partial charge on any atom is 0.248 e. The molecule has 0 atom stereocenters. The van der Waals surface area contributed by atoms with Crippen molar-refractivity contribution < 1.29 is 4.79 Å². The minimum atomic E-state index is -0.405. The maximum absolute atomic E-state index is 11.1. The topological polar surface area (TPSA) is 72.3 Å². The predicted molar refractivity (Wildman–Crippen MR) is 86.1 cm³/mol. The summed E-state index contributed by atoms with van der Waals surface area (Å²) in [6.07, 6.45) is 0.921. The first-order valence-corrected chi connectivity index (χ1v) is 7.09. The highest BCUT2D eigenvalue weighted by Gasteiger charge is 2.08. The normalized spacial score (nSPS) is 10.3. The second-order valence-electron chi connectivity index (χ2n) is 4.96. The Morgan fingerprint density at radius 2 is 1.67 bits per heavy atom. The van der Waals surface area contributed by atoms with E-state index in [9.17, 15) is 4.79 Å². The number of nitrogens with zero attached hydrogens (tertiary/aromatic N) is 1. The fraction of sp³-hybridized carbons (Fsp3) is 0.235. The lowest BCUT2D eigenvalue weighted by Gasteiger charge is -2.25. The van der Waals surface area contributed by atoms with Gasteiger partial charge >= 0.3 is 0 Å². The van der Waals surface area contributed by atoms with Crippen LogP contribution in [0.25, 0.3) is 0 Å². The second kappa shape index (κ2) is 7.45. The van der Waals surface area contributed by atoms with Gasteiger partial charge in [0.2, 0.25) is 5.91 Å². The number of rotatable bonds is 7. The number of primary amides is 1. The quantitative estimate of drug-likeness (QED) is 0.817. The molecule has 4 N–H and O–H groups in total. The minimum Gasteiger partial charge on any atom is -0.367 e. The first-order valence-electron chi connectivity index (χ1n) is 7.09. The molecular weight excluding hydrogens is 262 g/mol. The number of hydrogen-bond donors (Lipinski definition) is 2. The molecule has 0 bridgehead atoms. The van der Waals surface area contributed by atoms with E-state index in [1.807, 2.05) is 30.3 Å². The summed E-state index contributed by atoms with van der Waals surface area (Å²) in [6.45, 7) is 2.35. The molecule has 0 spiro atoms. The van der Waals surface area contributed by atoms with Gasteiger partial charge in [0.15, 0.2) is 0 Å². The molecular formula is C17H21N3O. The van der Waals surface area contributed by atoms with Gasteiger partial charge in [0, 0.05) is 24.3 Å². The highest BCUT2D eigenvalue weighted by Crippen LogP contribution is 2.18. The van der Waals surface area contributed by atoms with Crippen LogP contribution in [0.15, 0.2) is 54.6 Å². The molecule has 4 nitrogen and oxygen atoms in total. The lowest BCUT2D eigenvalue weighted by molar-refractivity contribution is 0.100. The molecule has 2 rings (SSSR count). The van der Waals surface area contributed by atoms with Gasteiger partial charge in [0.1, 0.15) is 0 Å². The molecule has 0 aromatic heterocycles. The molecule has 0 aliphatic rings. The van der Waals surface area contributed by atoms with E-state index >= 15 is 0 Å². The summed E-state index contributed by atoms with van der Waals surface area (Å²) >= 11 is 0.